The van der Waals surface area contributed by atoms with E-state index in [4.69, 9.17) is 5.73 Å². The van der Waals surface area contributed by atoms with Crippen LogP contribution in [-0.4, -0.2) is 54.2 Å². The van der Waals surface area contributed by atoms with Crippen molar-refractivity contribution in [2.24, 2.45) is 0 Å². The first-order valence-electron chi connectivity index (χ1n) is 11.3. The summed E-state index contributed by atoms with van der Waals surface area (Å²) >= 11 is 0. The number of likely N-dealkylation sites (N-methyl/N-ethyl adjacent to an activating group) is 1. The van der Waals surface area contributed by atoms with E-state index in [1.54, 1.807) is 6.07 Å². The van der Waals surface area contributed by atoms with Crippen LogP contribution in [0.4, 0.5) is 17.2 Å². The fourth-order valence-electron chi connectivity index (χ4n) is 4.82. The predicted molar refractivity (Wildman–Crippen MR) is 131 cm³/mol. The lowest BCUT2D eigenvalue weighted by atomic mass is 9.84. The van der Waals surface area contributed by atoms with E-state index < -0.39 is 5.97 Å². The Kier molecular flexibility index (Phi) is 5.42. The molecule has 7 heteroatoms. The van der Waals surface area contributed by atoms with Gasteiger partial charge < -0.3 is 26.0 Å². The molecule has 3 heterocycles. The zero-order chi connectivity index (χ0) is 23.1. The molecule has 2 aliphatic heterocycles. The number of rotatable bonds is 4. The Labute approximate surface area is 193 Å². The molecule has 0 bridgehead atoms. The van der Waals surface area contributed by atoms with Crippen molar-refractivity contribution in [2.45, 2.75) is 18.9 Å². The van der Waals surface area contributed by atoms with Crippen LogP contribution in [0.2, 0.25) is 0 Å². The lowest BCUT2D eigenvalue weighted by Crippen LogP contribution is -2.44. The van der Waals surface area contributed by atoms with Crippen molar-refractivity contribution in [3.63, 3.8) is 0 Å². The number of nitrogen functional groups attached to an aromatic ring is 1. The summed E-state index contributed by atoms with van der Waals surface area (Å²) in [6.07, 6.45) is 1.41. The second kappa shape index (κ2) is 8.41. The standard InChI is InChI=1S/C26H29N5O2/c1-16-3-4-18(14-22(16)27)23-21-13-19(26(32)33)15-28-25(21)29-24(23)17-5-7-20(8-6-17)31-11-9-30(2)10-12-31/h3-8,13-15,23-24H,9-12,27H2,1-2H3,(H,28,29)(H,32,33). The topological polar surface area (TPSA) is 94.7 Å². The van der Waals surface area contributed by atoms with E-state index in [1.807, 2.05) is 19.1 Å². The maximum absolute atomic E-state index is 11.6. The summed E-state index contributed by atoms with van der Waals surface area (Å²) in [7, 11) is 2.16. The van der Waals surface area contributed by atoms with E-state index in [0.717, 1.165) is 59.9 Å². The molecule has 1 aromatic heterocycles. The number of fused-ring (bicyclic) bond motifs is 1. The summed E-state index contributed by atoms with van der Waals surface area (Å²) in [6, 6.07) is 16.5. The predicted octanol–water partition coefficient (Wildman–Crippen LogP) is 3.72. The van der Waals surface area contributed by atoms with E-state index in [2.05, 4.69) is 57.5 Å². The monoisotopic (exact) mass is 443 g/mol. The van der Waals surface area contributed by atoms with Gasteiger partial charge in [-0.3, -0.25) is 0 Å². The number of nitrogens with two attached hydrogens (primary N) is 1. The molecule has 2 unspecified atom stereocenters. The third kappa shape index (κ3) is 4.00. The Balaban J connectivity index is 1.51. The Morgan fingerprint density at radius 3 is 2.42 bits per heavy atom. The molecule has 3 aromatic rings. The van der Waals surface area contributed by atoms with Crippen LogP contribution < -0.4 is 16.0 Å². The first-order valence-corrected chi connectivity index (χ1v) is 11.3. The van der Waals surface area contributed by atoms with E-state index in [1.165, 1.54) is 11.9 Å². The van der Waals surface area contributed by atoms with Crippen LogP contribution in [0.15, 0.2) is 54.7 Å². The summed E-state index contributed by atoms with van der Waals surface area (Å²) in [5, 5.41) is 13.1. The summed E-state index contributed by atoms with van der Waals surface area (Å²) in [5.74, 6) is -0.353. The molecule has 0 radical (unpaired) electrons. The van der Waals surface area contributed by atoms with Gasteiger partial charge in [0, 0.05) is 55.2 Å². The zero-order valence-electron chi connectivity index (χ0n) is 19.0. The highest BCUT2D eigenvalue weighted by Crippen LogP contribution is 2.47. The van der Waals surface area contributed by atoms with Gasteiger partial charge in [0.15, 0.2) is 0 Å². The number of piperazine rings is 1. The first-order chi connectivity index (χ1) is 15.9. The third-order valence-corrected chi connectivity index (χ3v) is 6.91. The van der Waals surface area contributed by atoms with Gasteiger partial charge in [-0.15, -0.1) is 0 Å². The Bertz CT molecular complexity index is 1190. The summed E-state index contributed by atoms with van der Waals surface area (Å²) in [6.45, 7) is 6.16. The van der Waals surface area contributed by atoms with Gasteiger partial charge >= 0.3 is 5.97 Å². The van der Waals surface area contributed by atoms with E-state index in [-0.39, 0.29) is 17.5 Å². The van der Waals surface area contributed by atoms with E-state index >= 15 is 0 Å². The van der Waals surface area contributed by atoms with Crippen LogP contribution >= 0.6 is 0 Å². The Morgan fingerprint density at radius 2 is 1.76 bits per heavy atom. The molecule has 1 fully saturated rings. The average molecular weight is 444 g/mol. The molecule has 170 valence electrons. The molecular formula is C26H29N5O2. The van der Waals surface area contributed by atoms with Crippen molar-refractivity contribution in [3.8, 4) is 0 Å². The minimum absolute atomic E-state index is 0.0693. The van der Waals surface area contributed by atoms with Gasteiger partial charge in [0.1, 0.15) is 5.82 Å². The quantitative estimate of drug-likeness (QED) is 0.529. The number of hydrogen-bond acceptors (Lipinski definition) is 6. The fourth-order valence-corrected chi connectivity index (χ4v) is 4.82. The molecule has 5 rings (SSSR count). The fraction of sp³-hybridized carbons (Fsp3) is 0.308. The summed E-state index contributed by atoms with van der Waals surface area (Å²) < 4.78 is 0. The lowest BCUT2D eigenvalue weighted by molar-refractivity contribution is 0.0696. The molecule has 0 spiro atoms. The summed E-state index contributed by atoms with van der Waals surface area (Å²) in [4.78, 5) is 20.8. The molecule has 1 saturated heterocycles. The zero-order valence-corrected chi connectivity index (χ0v) is 19.0. The summed E-state index contributed by atoms with van der Waals surface area (Å²) in [5.41, 5.74) is 12.5. The smallest absolute Gasteiger partial charge is 0.337 e. The number of aryl methyl sites for hydroxylation is 1. The minimum atomic E-state index is -0.979. The molecular weight excluding hydrogens is 414 g/mol. The number of pyridine rings is 1. The van der Waals surface area contributed by atoms with Gasteiger partial charge in [0.2, 0.25) is 0 Å². The normalized spacial score (nSPS) is 20.4. The van der Waals surface area contributed by atoms with Crippen molar-refractivity contribution < 1.29 is 9.90 Å². The molecule has 2 aliphatic rings. The number of carbonyl (C=O) groups is 1. The highest BCUT2D eigenvalue weighted by molar-refractivity contribution is 5.88. The highest BCUT2D eigenvalue weighted by Gasteiger charge is 2.36. The number of aromatic nitrogens is 1. The van der Waals surface area contributed by atoms with Crippen LogP contribution in [0.5, 0.6) is 0 Å². The number of anilines is 3. The van der Waals surface area contributed by atoms with Gasteiger partial charge in [-0.05, 0) is 54.9 Å². The number of nitrogens with one attached hydrogen (secondary N) is 1. The molecule has 4 N–H and O–H groups in total. The maximum Gasteiger partial charge on any atom is 0.337 e. The van der Waals surface area contributed by atoms with E-state index in [0.29, 0.717) is 0 Å². The lowest BCUT2D eigenvalue weighted by Gasteiger charge is -2.34. The number of benzene rings is 2. The second-order valence-electron chi connectivity index (χ2n) is 9.06. The van der Waals surface area contributed by atoms with Crippen LogP contribution in [0.1, 0.15) is 44.6 Å². The van der Waals surface area contributed by atoms with Crippen molar-refractivity contribution in [3.05, 3.63) is 82.5 Å². The van der Waals surface area contributed by atoms with Crippen LogP contribution in [0.25, 0.3) is 0 Å². The molecule has 0 amide bonds. The van der Waals surface area contributed by atoms with Gasteiger partial charge in [0.25, 0.3) is 0 Å². The Hall–Kier alpha value is -3.58. The van der Waals surface area contributed by atoms with Crippen molar-refractivity contribution >= 4 is 23.2 Å². The highest BCUT2D eigenvalue weighted by atomic mass is 16.4. The number of hydrogen-bond donors (Lipinski definition) is 3. The van der Waals surface area contributed by atoms with Crippen LogP contribution in [-0.2, 0) is 0 Å². The number of aromatic carboxylic acids is 1. The molecule has 33 heavy (non-hydrogen) atoms. The average Bonchev–Trinajstić information content (AvgIpc) is 3.20. The molecule has 0 aliphatic carbocycles. The van der Waals surface area contributed by atoms with Gasteiger partial charge in [0.05, 0.1) is 11.6 Å². The Morgan fingerprint density at radius 1 is 1.06 bits per heavy atom. The van der Waals surface area contributed by atoms with Crippen molar-refractivity contribution in [1.82, 2.24) is 9.88 Å². The maximum atomic E-state index is 11.6. The number of nitrogens with zero attached hydrogens (tertiary/aromatic N) is 3. The van der Waals surface area contributed by atoms with Crippen LogP contribution in [0, 0.1) is 6.92 Å². The third-order valence-electron chi connectivity index (χ3n) is 6.91. The molecule has 7 nitrogen and oxygen atoms in total. The SMILES string of the molecule is Cc1ccc(C2c3cc(C(=O)O)cnc3NC2c2ccc(N3CCN(C)CC3)cc2)cc1N. The first kappa shape index (κ1) is 21.3. The number of carboxylic acid groups (broad SMARTS) is 1. The molecule has 2 atom stereocenters. The number of carboxylic acids is 1. The minimum Gasteiger partial charge on any atom is -0.478 e. The molecule has 0 saturated carbocycles. The second-order valence-corrected chi connectivity index (χ2v) is 9.06. The van der Waals surface area contributed by atoms with Gasteiger partial charge in [-0.1, -0.05) is 24.3 Å². The van der Waals surface area contributed by atoms with Gasteiger partial charge in [-0.25, -0.2) is 9.78 Å². The van der Waals surface area contributed by atoms with E-state index in [9.17, 15) is 9.90 Å². The van der Waals surface area contributed by atoms with Gasteiger partial charge in [-0.2, -0.15) is 0 Å². The largest absolute Gasteiger partial charge is 0.478 e. The van der Waals surface area contributed by atoms with Crippen molar-refractivity contribution in [1.29, 1.82) is 0 Å². The van der Waals surface area contributed by atoms with Crippen LogP contribution in [0.3, 0.4) is 0 Å². The van der Waals surface area contributed by atoms with Crippen molar-refractivity contribution in [2.75, 3.05) is 49.2 Å². The molecule has 2 aromatic carbocycles.